The molecule has 2 amide bonds. The van der Waals surface area contributed by atoms with E-state index in [-0.39, 0.29) is 17.9 Å². The van der Waals surface area contributed by atoms with Crippen LogP contribution in [0.2, 0.25) is 0 Å². The highest BCUT2D eigenvalue weighted by Gasteiger charge is 2.34. The van der Waals surface area contributed by atoms with Gasteiger partial charge in [-0.3, -0.25) is 9.59 Å². The van der Waals surface area contributed by atoms with Crippen LogP contribution in [0.15, 0.2) is 72.1 Å². The summed E-state index contributed by atoms with van der Waals surface area (Å²) in [6.45, 7) is 6.16. The molecule has 5 rings (SSSR count). The number of aromatic nitrogens is 1. The number of carbonyl (C=O) groups excluding carboxylic acids is 2. The normalized spacial score (nSPS) is 17.1. The number of rotatable bonds is 5. The summed E-state index contributed by atoms with van der Waals surface area (Å²) in [7, 11) is 0. The molecule has 7 heteroatoms. The summed E-state index contributed by atoms with van der Waals surface area (Å²) in [6.07, 6.45) is 0. The number of nitrogens with zero attached hydrogens (tertiary/aromatic N) is 3. The number of benzene rings is 2. The minimum atomic E-state index is -0.723. The molecule has 0 unspecified atom stereocenters. The van der Waals surface area contributed by atoms with Crippen LogP contribution in [0.3, 0.4) is 0 Å². The molecule has 2 atom stereocenters. The van der Waals surface area contributed by atoms with Crippen molar-refractivity contribution in [2.24, 2.45) is 0 Å². The topological polar surface area (TPSA) is 45.6 Å². The second-order valence-electron chi connectivity index (χ2n) is 9.13. The molecule has 1 saturated heterocycles. The third-order valence-electron chi connectivity index (χ3n) is 6.82. The van der Waals surface area contributed by atoms with E-state index in [1.165, 1.54) is 11.1 Å². The van der Waals surface area contributed by atoms with Crippen molar-refractivity contribution < 1.29 is 9.59 Å². The number of aryl methyl sites for hydroxylation is 1. The summed E-state index contributed by atoms with van der Waals surface area (Å²) in [6, 6.07) is 21.6. The zero-order chi connectivity index (χ0) is 24.5. The molecule has 180 valence electrons. The average molecular weight is 506 g/mol. The Hall–Kier alpha value is -3.09. The standard InChI is InChI=1S/C28H28ClN3O2S/c1-19-8-6-7-11-23(19)18-32-24(16-22-12-15-35-28(22)32)26(33)30-13-14-31(20(2)17-30)27(34)25(29)21-9-4-3-5-10-21/h3-12,15-16,20,25H,13-14,17-18H2,1-2H3/t20-,25+/m0/s1. The molecule has 5 nitrogen and oxygen atoms in total. The second kappa shape index (κ2) is 9.88. The Balaban J connectivity index is 1.35. The first-order valence-corrected chi connectivity index (χ1v) is 13.2. The molecule has 3 heterocycles. The van der Waals surface area contributed by atoms with E-state index >= 15 is 0 Å². The Kier molecular flexibility index (Phi) is 6.67. The van der Waals surface area contributed by atoms with Gasteiger partial charge in [-0.25, -0.2) is 0 Å². The van der Waals surface area contributed by atoms with Crippen molar-refractivity contribution in [3.8, 4) is 0 Å². The zero-order valence-electron chi connectivity index (χ0n) is 19.9. The molecule has 0 spiro atoms. The van der Waals surface area contributed by atoms with Crippen LogP contribution in [0.4, 0.5) is 0 Å². The highest BCUT2D eigenvalue weighted by molar-refractivity contribution is 7.16. The number of hydrogen-bond donors (Lipinski definition) is 0. The molecule has 0 saturated carbocycles. The first-order valence-electron chi connectivity index (χ1n) is 11.8. The van der Waals surface area contributed by atoms with Gasteiger partial charge in [-0.1, -0.05) is 54.6 Å². The van der Waals surface area contributed by atoms with Gasteiger partial charge in [-0.2, -0.15) is 0 Å². The first kappa shape index (κ1) is 23.6. The lowest BCUT2D eigenvalue weighted by molar-refractivity contribution is -0.135. The molecule has 2 aromatic heterocycles. The lowest BCUT2D eigenvalue weighted by atomic mass is 10.1. The van der Waals surface area contributed by atoms with Gasteiger partial charge in [0, 0.05) is 37.6 Å². The summed E-state index contributed by atoms with van der Waals surface area (Å²) >= 11 is 8.17. The smallest absolute Gasteiger partial charge is 0.270 e. The number of alkyl halides is 1. The Bertz CT molecular complexity index is 1360. The minimum Gasteiger partial charge on any atom is -0.335 e. The van der Waals surface area contributed by atoms with Gasteiger partial charge in [0.1, 0.15) is 15.9 Å². The van der Waals surface area contributed by atoms with Crippen LogP contribution in [0.25, 0.3) is 10.2 Å². The van der Waals surface area contributed by atoms with Crippen LogP contribution in [0.5, 0.6) is 0 Å². The van der Waals surface area contributed by atoms with Gasteiger partial charge in [-0.05, 0) is 48.1 Å². The number of piperazine rings is 1. The molecule has 4 aromatic rings. The third-order valence-corrected chi connectivity index (χ3v) is 8.21. The maximum Gasteiger partial charge on any atom is 0.270 e. The van der Waals surface area contributed by atoms with Crippen LogP contribution in [0.1, 0.15) is 39.5 Å². The molecular weight excluding hydrogens is 478 g/mol. The highest BCUT2D eigenvalue weighted by Crippen LogP contribution is 2.29. The SMILES string of the molecule is Cc1ccccc1Cn1c(C(=O)N2CCN(C(=O)[C@H](Cl)c3ccccc3)[C@@H](C)C2)cc2ccsc21. The lowest BCUT2D eigenvalue weighted by Gasteiger charge is -2.40. The molecule has 0 N–H and O–H groups in total. The van der Waals surface area contributed by atoms with E-state index in [9.17, 15) is 9.59 Å². The maximum absolute atomic E-state index is 13.7. The number of hydrogen-bond acceptors (Lipinski definition) is 3. The van der Waals surface area contributed by atoms with Gasteiger partial charge in [0.05, 0.1) is 0 Å². The average Bonchev–Trinajstić information content (AvgIpc) is 3.47. The van der Waals surface area contributed by atoms with Gasteiger partial charge in [0.25, 0.3) is 5.91 Å². The summed E-state index contributed by atoms with van der Waals surface area (Å²) in [5.41, 5.74) is 3.89. The first-order chi connectivity index (χ1) is 16.9. The van der Waals surface area contributed by atoms with Crippen LogP contribution in [-0.4, -0.2) is 51.9 Å². The van der Waals surface area contributed by atoms with E-state index in [2.05, 4.69) is 35.1 Å². The zero-order valence-corrected chi connectivity index (χ0v) is 21.4. The van der Waals surface area contributed by atoms with Crippen molar-refractivity contribution in [2.75, 3.05) is 19.6 Å². The number of carbonyl (C=O) groups is 2. The molecular formula is C28H28ClN3O2S. The number of amides is 2. The van der Waals surface area contributed by atoms with Crippen LogP contribution in [0, 0.1) is 6.92 Å². The molecule has 0 aliphatic carbocycles. The Morgan fingerprint density at radius 3 is 2.54 bits per heavy atom. The molecule has 1 aliphatic rings. The van der Waals surface area contributed by atoms with Gasteiger partial charge >= 0.3 is 0 Å². The number of halogens is 1. The van der Waals surface area contributed by atoms with Gasteiger partial charge in [0.15, 0.2) is 0 Å². The van der Waals surface area contributed by atoms with Crippen molar-refractivity contribution in [3.05, 3.63) is 94.5 Å². The quantitative estimate of drug-likeness (QED) is 0.326. The molecule has 1 aliphatic heterocycles. The molecule has 2 aromatic carbocycles. The maximum atomic E-state index is 13.7. The summed E-state index contributed by atoms with van der Waals surface area (Å²) < 4.78 is 2.14. The monoisotopic (exact) mass is 505 g/mol. The van der Waals surface area contributed by atoms with E-state index in [1.54, 1.807) is 16.2 Å². The van der Waals surface area contributed by atoms with Gasteiger partial charge in [-0.15, -0.1) is 22.9 Å². The predicted octanol–water partition coefficient (Wildman–Crippen LogP) is 5.71. The fraction of sp³-hybridized carbons (Fsp3) is 0.286. The van der Waals surface area contributed by atoms with E-state index in [1.807, 2.05) is 60.4 Å². The second-order valence-corrected chi connectivity index (χ2v) is 10.5. The van der Waals surface area contributed by atoms with Gasteiger partial charge < -0.3 is 14.4 Å². The van der Waals surface area contributed by atoms with Crippen molar-refractivity contribution in [1.82, 2.24) is 14.4 Å². The van der Waals surface area contributed by atoms with Crippen LogP contribution >= 0.6 is 22.9 Å². The minimum absolute atomic E-state index is 0.00594. The molecule has 0 bridgehead atoms. The van der Waals surface area contributed by atoms with E-state index in [4.69, 9.17) is 11.6 Å². The Morgan fingerprint density at radius 2 is 1.80 bits per heavy atom. The van der Waals surface area contributed by atoms with E-state index < -0.39 is 5.38 Å². The fourth-order valence-corrected chi connectivity index (χ4v) is 5.98. The van der Waals surface area contributed by atoms with E-state index in [0.29, 0.717) is 31.9 Å². The third kappa shape index (κ3) is 4.60. The molecule has 1 fully saturated rings. The van der Waals surface area contributed by atoms with Crippen LogP contribution < -0.4 is 0 Å². The van der Waals surface area contributed by atoms with Gasteiger partial charge in [0.2, 0.25) is 5.91 Å². The number of thiophene rings is 1. The van der Waals surface area contributed by atoms with Crippen molar-refractivity contribution in [1.29, 1.82) is 0 Å². The molecule has 0 radical (unpaired) electrons. The summed E-state index contributed by atoms with van der Waals surface area (Å²) in [5, 5.41) is 2.43. The number of fused-ring (bicyclic) bond motifs is 1. The van der Waals surface area contributed by atoms with Crippen LogP contribution in [-0.2, 0) is 11.3 Å². The van der Waals surface area contributed by atoms with E-state index in [0.717, 1.165) is 15.8 Å². The lowest BCUT2D eigenvalue weighted by Crippen LogP contribution is -2.56. The fourth-order valence-electron chi connectivity index (χ4n) is 4.81. The van der Waals surface area contributed by atoms with Crippen molar-refractivity contribution >= 4 is 45.0 Å². The summed E-state index contributed by atoms with van der Waals surface area (Å²) in [5.74, 6) is -0.104. The van der Waals surface area contributed by atoms with Crippen molar-refractivity contribution in [2.45, 2.75) is 31.8 Å². The summed E-state index contributed by atoms with van der Waals surface area (Å²) in [4.78, 5) is 31.6. The molecule has 35 heavy (non-hydrogen) atoms. The Labute approximate surface area is 214 Å². The largest absolute Gasteiger partial charge is 0.335 e. The highest BCUT2D eigenvalue weighted by atomic mass is 35.5. The Morgan fingerprint density at radius 1 is 1.06 bits per heavy atom. The predicted molar refractivity (Wildman–Crippen MR) is 142 cm³/mol. The van der Waals surface area contributed by atoms with Crippen molar-refractivity contribution in [3.63, 3.8) is 0 Å².